The van der Waals surface area contributed by atoms with Crippen molar-refractivity contribution in [1.82, 2.24) is 15.1 Å². The molecule has 1 aliphatic heterocycles. The Labute approximate surface area is 187 Å². The summed E-state index contributed by atoms with van der Waals surface area (Å²) in [5.41, 5.74) is 0. The second-order valence-electron chi connectivity index (χ2n) is 7.00. The van der Waals surface area contributed by atoms with Crippen LogP contribution in [0.3, 0.4) is 0 Å². The summed E-state index contributed by atoms with van der Waals surface area (Å²) in [5, 5.41) is 3.35. The highest BCUT2D eigenvalue weighted by Gasteiger charge is 2.33. The van der Waals surface area contributed by atoms with Crippen LogP contribution >= 0.6 is 24.0 Å². The molecule has 0 spiro atoms. The van der Waals surface area contributed by atoms with E-state index in [1.54, 1.807) is 20.3 Å². The minimum Gasteiger partial charge on any atom is -0.469 e. The second kappa shape index (κ2) is 13.3. The van der Waals surface area contributed by atoms with Gasteiger partial charge in [0.15, 0.2) is 5.96 Å². The van der Waals surface area contributed by atoms with Gasteiger partial charge in [0, 0.05) is 39.7 Å². The van der Waals surface area contributed by atoms with Crippen molar-refractivity contribution in [2.75, 3.05) is 59.5 Å². The molecule has 2 rings (SSSR count). The van der Waals surface area contributed by atoms with Crippen molar-refractivity contribution in [3.8, 4) is 0 Å². The van der Waals surface area contributed by atoms with E-state index in [-0.39, 0.29) is 29.9 Å². The first-order valence-electron chi connectivity index (χ1n) is 9.75. The third-order valence-electron chi connectivity index (χ3n) is 4.74. The molecular formula is C19H32F3IN4O2. The molecule has 168 valence electrons. The molecule has 29 heavy (non-hydrogen) atoms. The number of nitrogens with one attached hydrogen (secondary N) is 1. The van der Waals surface area contributed by atoms with Crippen LogP contribution in [0.15, 0.2) is 27.8 Å². The summed E-state index contributed by atoms with van der Waals surface area (Å²) in [5.74, 6) is 1.88. The van der Waals surface area contributed by atoms with Gasteiger partial charge in [-0.1, -0.05) is 6.92 Å². The van der Waals surface area contributed by atoms with E-state index in [4.69, 9.17) is 9.15 Å². The SMILES string of the molecule is CCN(CC1CCN(C(=NCCOC)NCCc2ccco2)C1)CC(F)(F)F.I. The number of rotatable bonds is 10. The highest BCUT2D eigenvalue weighted by Crippen LogP contribution is 2.21. The summed E-state index contributed by atoms with van der Waals surface area (Å²) >= 11 is 0. The maximum atomic E-state index is 12.7. The lowest BCUT2D eigenvalue weighted by atomic mass is 10.1. The first-order valence-corrected chi connectivity index (χ1v) is 9.75. The molecular weight excluding hydrogens is 500 g/mol. The van der Waals surface area contributed by atoms with Gasteiger partial charge >= 0.3 is 6.18 Å². The van der Waals surface area contributed by atoms with Gasteiger partial charge in [-0.2, -0.15) is 13.2 Å². The molecule has 1 aromatic rings. The maximum Gasteiger partial charge on any atom is 0.401 e. The van der Waals surface area contributed by atoms with Crippen molar-refractivity contribution in [2.24, 2.45) is 10.9 Å². The predicted octanol–water partition coefficient (Wildman–Crippen LogP) is 3.24. The third-order valence-corrected chi connectivity index (χ3v) is 4.74. The Kier molecular flexibility index (Phi) is 12.0. The van der Waals surface area contributed by atoms with E-state index < -0.39 is 12.7 Å². The summed E-state index contributed by atoms with van der Waals surface area (Å²) in [6, 6.07) is 3.78. The Hall–Kier alpha value is -1.01. The summed E-state index contributed by atoms with van der Waals surface area (Å²) in [6.45, 7) is 4.99. The van der Waals surface area contributed by atoms with Crippen molar-refractivity contribution < 1.29 is 22.3 Å². The van der Waals surface area contributed by atoms with E-state index >= 15 is 0 Å². The average Bonchev–Trinajstić information content (AvgIpc) is 3.31. The summed E-state index contributed by atoms with van der Waals surface area (Å²) in [6.07, 6.45) is -0.914. The highest BCUT2D eigenvalue weighted by atomic mass is 127. The molecule has 1 fully saturated rings. The molecule has 2 heterocycles. The average molecular weight is 532 g/mol. The number of furan rings is 1. The van der Waals surface area contributed by atoms with Crippen LogP contribution in [0.4, 0.5) is 13.2 Å². The smallest absolute Gasteiger partial charge is 0.401 e. The Morgan fingerprint density at radius 1 is 1.45 bits per heavy atom. The quantitative estimate of drug-likeness (QED) is 0.217. The summed E-state index contributed by atoms with van der Waals surface area (Å²) < 4.78 is 48.5. The number of hydrogen-bond donors (Lipinski definition) is 1. The van der Waals surface area contributed by atoms with E-state index in [1.807, 2.05) is 12.1 Å². The molecule has 0 bridgehead atoms. The fraction of sp³-hybridized carbons (Fsp3) is 0.737. The molecule has 0 radical (unpaired) electrons. The van der Waals surface area contributed by atoms with E-state index in [9.17, 15) is 13.2 Å². The molecule has 10 heteroatoms. The Morgan fingerprint density at radius 3 is 2.86 bits per heavy atom. The predicted molar refractivity (Wildman–Crippen MR) is 118 cm³/mol. The first-order chi connectivity index (χ1) is 13.4. The van der Waals surface area contributed by atoms with Crippen LogP contribution in [0.2, 0.25) is 0 Å². The van der Waals surface area contributed by atoms with Gasteiger partial charge in [0.25, 0.3) is 0 Å². The van der Waals surface area contributed by atoms with Gasteiger partial charge in [-0.25, -0.2) is 0 Å². The minimum atomic E-state index is -4.16. The molecule has 0 amide bonds. The van der Waals surface area contributed by atoms with Gasteiger partial charge in [-0.15, -0.1) is 24.0 Å². The molecule has 1 saturated heterocycles. The molecule has 0 saturated carbocycles. The molecule has 0 aliphatic carbocycles. The molecule has 0 aromatic carbocycles. The number of halogens is 4. The molecule has 1 N–H and O–H groups in total. The zero-order valence-corrected chi connectivity index (χ0v) is 19.4. The zero-order valence-electron chi connectivity index (χ0n) is 17.1. The van der Waals surface area contributed by atoms with Crippen molar-refractivity contribution >= 4 is 29.9 Å². The number of likely N-dealkylation sites (tertiary alicyclic amines) is 1. The minimum absolute atomic E-state index is 0. The monoisotopic (exact) mass is 532 g/mol. The number of alkyl halides is 3. The molecule has 1 aromatic heterocycles. The second-order valence-corrected chi connectivity index (χ2v) is 7.00. The number of hydrogen-bond acceptors (Lipinski definition) is 4. The van der Waals surface area contributed by atoms with Gasteiger partial charge in [-0.05, 0) is 31.0 Å². The number of methoxy groups -OCH3 is 1. The van der Waals surface area contributed by atoms with E-state index in [2.05, 4.69) is 15.2 Å². The van der Waals surface area contributed by atoms with Gasteiger partial charge < -0.3 is 19.4 Å². The number of ether oxygens (including phenoxy) is 1. The lowest BCUT2D eigenvalue weighted by Crippen LogP contribution is -2.42. The number of guanidine groups is 1. The Bertz CT molecular complexity index is 585. The molecule has 1 atom stereocenters. The first kappa shape index (κ1) is 26.0. The van der Waals surface area contributed by atoms with Crippen LogP contribution in [-0.2, 0) is 11.2 Å². The van der Waals surface area contributed by atoms with E-state index in [1.165, 1.54) is 4.90 Å². The van der Waals surface area contributed by atoms with E-state index in [0.29, 0.717) is 39.3 Å². The third kappa shape index (κ3) is 10.0. The lowest BCUT2D eigenvalue weighted by Gasteiger charge is -2.26. The van der Waals surface area contributed by atoms with E-state index in [0.717, 1.165) is 31.1 Å². The van der Waals surface area contributed by atoms with Crippen molar-refractivity contribution in [3.63, 3.8) is 0 Å². The Morgan fingerprint density at radius 2 is 2.24 bits per heavy atom. The fourth-order valence-electron chi connectivity index (χ4n) is 3.36. The van der Waals surface area contributed by atoms with Gasteiger partial charge in [-0.3, -0.25) is 9.89 Å². The van der Waals surface area contributed by atoms with Gasteiger partial charge in [0.1, 0.15) is 5.76 Å². The van der Waals surface area contributed by atoms with Gasteiger partial charge in [0.05, 0.1) is 26.0 Å². The lowest BCUT2D eigenvalue weighted by molar-refractivity contribution is -0.146. The van der Waals surface area contributed by atoms with Crippen LogP contribution in [0.1, 0.15) is 19.1 Å². The maximum absolute atomic E-state index is 12.7. The standard InChI is InChI=1S/C19H31F3N4O2.HI/c1-3-25(15-19(20,21)22)13-16-7-10-26(14-16)18(24-9-12-27-2)23-8-6-17-5-4-11-28-17;/h4-5,11,16H,3,6-10,12-15H2,1-2H3,(H,23,24);1H. The molecule has 6 nitrogen and oxygen atoms in total. The topological polar surface area (TPSA) is 53.2 Å². The highest BCUT2D eigenvalue weighted by molar-refractivity contribution is 14.0. The number of nitrogens with zero attached hydrogens (tertiary/aromatic N) is 3. The van der Waals surface area contributed by atoms with Crippen LogP contribution < -0.4 is 5.32 Å². The fourth-order valence-corrected chi connectivity index (χ4v) is 3.36. The van der Waals surface area contributed by atoms with Gasteiger partial charge in [0.2, 0.25) is 0 Å². The van der Waals surface area contributed by atoms with Crippen molar-refractivity contribution in [1.29, 1.82) is 0 Å². The summed E-state index contributed by atoms with van der Waals surface area (Å²) in [7, 11) is 1.63. The van der Waals surface area contributed by atoms with Crippen LogP contribution in [-0.4, -0.2) is 81.5 Å². The molecule has 1 aliphatic rings. The normalized spacial score (nSPS) is 17.7. The van der Waals surface area contributed by atoms with Crippen molar-refractivity contribution in [2.45, 2.75) is 25.9 Å². The molecule has 1 unspecified atom stereocenters. The number of aliphatic imine (C=N–C) groups is 1. The Balaban J connectivity index is 0.00000420. The summed E-state index contributed by atoms with van der Waals surface area (Å²) in [4.78, 5) is 8.19. The zero-order chi connectivity index (χ0) is 20.4. The largest absolute Gasteiger partial charge is 0.469 e. The van der Waals surface area contributed by atoms with Crippen molar-refractivity contribution in [3.05, 3.63) is 24.2 Å². The van der Waals surface area contributed by atoms with Crippen LogP contribution in [0.25, 0.3) is 0 Å². The van der Waals surface area contributed by atoms with Crippen LogP contribution in [0, 0.1) is 5.92 Å². The van der Waals surface area contributed by atoms with Crippen LogP contribution in [0.5, 0.6) is 0 Å².